The van der Waals surface area contributed by atoms with Crippen LogP contribution in [-0.2, 0) is 4.74 Å². The molecular formula is C21H28N4O3S. The second kappa shape index (κ2) is 9.47. The van der Waals surface area contributed by atoms with Crippen molar-refractivity contribution in [1.82, 2.24) is 20.1 Å². The van der Waals surface area contributed by atoms with Gasteiger partial charge in [-0.15, -0.1) is 11.3 Å². The van der Waals surface area contributed by atoms with Gasteiger partial charge in [0.1, 0.15) is 0 Å². The van der Waals surface area contributed by atoms with Gasteiger partial charge in [0.2, 0.25) is 0 Å². The molecule has 0 aromatic carbocycles. The first-order valence-corrected chi connectivity index (χ1v) is 10.7. The van der Waals surface area contributed by atoms with E-state index in [1.54, 1.807) is 23.6 Å². The van der Waals surface area contributed by atoms with E-state index in [0.29, 0.717) is 29.1 Å². The van der Waals surface area contributed by atoms with Crippen molar-refractivity contribution in [2.75, 3.05) is 19.8 Å². The lowest BCUT2D eigenvalue weighted by molar-refractivity contribution is 0.0259. The van der Waals surface area contributed by atoms with Gasteiger partial charge in [-0.1, -0.05) is 19.9 Å². The van der Waals surface area contributed by atoms with Crippen molar-refractivity contribution in [3.8, 4) is 10.6 Å². The van der Waals surface area contributed by atoms with Gasteiger partial charge >= 0.3 is 0 Å². The second-order valence-corrected chi connectivity index (χ2v) is 8.70. The highest BCUT2D eigenvalue weighted by Crippen LogP contribution is 2.28. The van der Waals surface area contributed by atoms with Crippen molar-refractivity contribution >= 4 is 28.3 Å². The summed E-state index contributed by atoms with van der Waals surface area (Å²) in [6.45, 7) is 9.03. The molecule has 0 saturated carbocycles. The Morgan fingerprint density at radius 1 is 1.31 bits per heavy atom. The lowest BCUT2D eigenvalue weighted by Crippen LogP contribution is -2.35. The summed E-state index contributed by atoms with van der Waals surface area (Å²) in [6, 6.07) is 5.84. The van der Waals surface area contributed by atoms with E-state index in [2.05, 4.69) is 10.4 Å². The third kappa shape index (κ3) is 5.20. The van der Waals surface area contributed by atoms with Crippen molar-refractivity contribution in [2.24, 2.45) is 5.92 Å². The molecule has 156 valence electrons. The Bertz CT molecular complexity index is 950. The third-order valence-electron chi connectivity index (χ3n) is 4.33. The van der Waals surface area contributed by atoms with Crippen LogP contribution in [-0.4, -0.2) is 51.6 Å². The molecule has 3 heterocycles. The molecule has 2 N–H and O–H groups in total. The number of hydrogen-bond donors (Lipinski definition) is 2. The first kappa shape index (κ1) is 21.4. The predicted octanol–water partition coefficient (Wildman–Crippen LogP) is 3.50. The number of amides is 1. The van der Waals surface area contributed by atoms with E-state index in [4.69, 9.17) is 9.72 Å². The molecule has 8 heteroatoms. The van der Waals surface area contributed by atoms with Gasteiger partial charge in [-0.05, 0) is 37.3 Å². The Morgan fingerprint density at radius 3 is 2.76 bits per heavy atom. The van der Waals surface area contributed by atoms with Crippen LogP contribution >= 0.6 is 11.3 Å². The maximum absolute atomic E-state index is 12.9. The number of ether oxygens (including phenoxy) is 1. The summed E-state index contributed by atoms with van der Waals surface area (Å²) in [6.07, 6.45) is 0.919. The minimum Gasteiger partial charge on any atom is -0.389 e. The quantitative estimate of drug-likeness (QED) is 0.557. The van der Waals surface area contributed by atoms with Crippen LogP contribution in [0.5, 0.6) is 0 Å². The molecule has 1 atom stereocenters. The van der Waals surface area contributed by atoms with Crippen molar-refractivity contribution in [2.45, 2.75) is 39.8 Å². The van der Waals surface area contributed by atoms with Gasteiger partial charge in [0.05, 0.1) is 40.4 Å². The van der Waals surface area contributed by atoms with E-state index in [1.807, 2.05) is 49.9 Å². The van der Waals surface area contributed by atoms with Gasteiger partial charge in [0.15, 0.2) is 5.65 Å². The monoisotopic (exact) mass is 416 g/mol. The summed E-state index contributed by atoms with van der Waals surface area (Å²) in [5.41, 5.74) is 1.92. The Labute approximate surface area is 174 Å². The summed E-state index contributed by atoms with van der Waals surface area (Å²) in [5, 5.41) is 20.0. The van der Waals surface area contributed by atoms with Gasteiger partial charge < -0.3 is 15.2 Å². The first-order valence-electron chi connectivity index (χ1n) is 9.83. The molecule has 3 aromatic rings. The number of pyridine rings is 1. The molecule has 29 heavy (non-hydrogen) atoms. The van der Waals surface area contributed by atoms with Gasteiger partial charge in [-0.3, -0.25) is 4.79 Å². The molecule has 0 bridgehead atoms. The molecule has 0 spiro atoms. The van der Waals surface area contributed by atoms with Crippen molar-refractivity contribution in [1.29, 1.82) is 0 Å². The molecule has 0 saturated heterocycles. The molecule has 0 radical (unpaired) electrons. The summed E-state index contributed by atoms with van der Waals surface area (Å²) in [7, 11) is 0. The van der Waals surface area contributed by atoms with Gasteiger partial charge in [0, 0.05) is 19.2 Å². The van der Waals surface area contributed by atoms with E-state index in [-0.39, 0.29) is 25.1 Å². The Kier molecular flexibility index (Phi) is 7.00. The topological polar surface area (TPSA) is 89.3 Å². The van der Waals surface area contributed by atoms with Crippen LogP contribution in [0.3, 0.4) is 0 Å². The number of carbonyl (C=O) groups is 1. The van der Waals surface area contributed by atoms with Crippen LogP contribution in [0.25, 0.3) is 21.6 Å². The molecule has 7 nitrogen and oxygen atoms in total. The summed E-state index contributed by atoms with van der Waals surface area (Å²) in [4.78, 5) is 18.7. The number of nitrogens with one attached hydrogen (secondary N) is 1. The first-order chi connectivity index (χ1) is 13.9. The van der Waals surface area contributed by atoms with Crippen LogP contribution < -0.4 is 5.32 Å². The zero-order valence-corrected chi connectivity index (χ0v) is 18.1. The lowest BCUT2D eigenvalue weighted by Gasteiger charge is -2.14. The van der Waals surface area contributed by atoms with Crippen LogP contribution in [0.15, 0.2) is 29.8 Å². The van der Waals surface area contributed by atoms with Crippen LogP contribution in [0.2, 0.25) is 0 Å². The van der Waals surface area contributed by atoms with Crippen molar-refractivity contribution in [3.63, 3.8) is 0 Å². The molecule has 0 aliphatic rings. The highest BCUT2D eigenvalue weighted by Gasteiger charge is 2.19. The Morgan fingerprint density at radius 2 is 2.10 bits per heavy atom. The number of thiophene rings is 1. The molecule has 0 fully saturated rings. The Balaban J connectivity index is 1.83. The highest BCUT2D eigenvalue weighted by molar-refractivity contribution is 7.13. The highest BCUT2D eigenvalue weighted by atomic mass is 32.1. The number of rotatable bonds is 9. The van der Waals surface area contributed by atoms with E-state index < -0.39 is 6.10 Å². The zero-order chi connectivity index (χ0) is 21.0. The SMILES string of the molecule is CC(C)COC[C@H](O)CNC(=O)c1cc(-c2cccs2)nc2c1cnn2C(C)C. The van der Waals surface area contributed by atoms with Crippen LogP contribution in [0.1, 0.15) is 44.1 Å². The van der Waals surface area contributed by atoms with Crippen LogP contribution in [0, 0.1) is 5.92 Å². The minimum absolute atomic E-state index is 0.118. The largest absolute Gasteiger partial charge is 0.389 e. The average Bonchev–Trinajstić information content (AvgIpc) is 3.34. The van der Waals surface area contributed by atoms with Crippen molar-refractivity contribution in [3.05, 3.63) is 35.3 Å². The lowest BCUT2D eigenvalue weighted by atomic mass is 10.1. The zero-order valence-electron chi connectivity index (χ0n) is 17.3. The molecule has 1 amide bonds. The van der Waals surface area contributed by atoms with E-state index in [9.17, 15) is 9.90 Å². The third-order valence-corrected chi connectivity index (χ3v) is 5.23. The summed E-state index contributed by atoms with van der Waals surface area (Å²) in [5.74, 6) is 0.136. The molecule has 3 aromatic heterocycles. The summed E-state index contributed by atoms with van der Waals surface area (Å²) < 4.78 is 7.26. The maximum atomic E-state index is 12.9. The van der Waals surface area contributed by atoms with Gasteiger partial charge in [-0.25, -0.2) is 9.67 Å². The normalized spacial score (nSPS) is 12.8. The molecule has 0 aliphatic heterocycles. The number of aliphatic hydroxyl groups excluding tert-OH is 1. The molecular weight excluding hydrogens is 388 g/mol. The fourth-order valence-electron chi connectivity index (χ4n) is 2.94. The van der Waals surface area contributed by atoms with E-state index in [0.717, 1.165) is 10.6 Å². The molecule has 3 rings (SSSR count). The van der Waals surface area contributed by atoms with Crippen molar-refractivity contribution < 1.29 is 14.6 Å². The van der Waals surface area contributed by atoms with Gasteiger partial charge in [0.25, 0.3) is 5.91 Å². The number of hydrogen-bond acceptors (Lipinski definition) is 6. The summed E-state index contributed by atoms with van der Waals surface area (Å²) >= 11 is 1.57. The minimum atomic E-state index is -0.759. The number of carbonyl (C=O) groups excluding carboxylic acids is 1. The van der Waals surface area contributed by atoms with Crippen LogP contribution in [0.4, 0.5) is 0 Å². The maximum Gasteiger partial charge on any atom is 0.252 e. The Hall–Kier alpha value is -2.29. The van der Waals surface area contributed by atoms with E-state index >= 15 is 0 Å². The predicted molar refractivity (Wildman–Crippen MR) is 115 cm³/mol. The smallest absolute Gasteiger partial charge is 0.252 e. The number of nitrogens with zero attached hydrogens (tertiary/aromatic N) is 3. The number of aliphatic hydroxyl groups is 1. The number of aromatic nitrogens is 3. The molecule has 0 aliphatic carbocycles. The van der Waals surface area contributed by atoms with Gasteiger partial charge in [-0.2, -0.15) is 5.10 Å². The average molecular weight is 417 g/mol. The fourth-order valence-corrected chi connectivity index (χ4v) is 3.62. The van der Waals surface area contributed by atoms with E-state index in [1.165, 1.54) is 0 Å². The molecule has 0 unspecified atom stereocenters. The fraction of sp³-hybridized carbons (Fsp3) is 0.476. The standard InChI is InChI=1S/C21H28N4O3S/c1-13(2)11-28-12-15(26)9-22-21(27)16-8-18(19-6-5-7-29-19)24-20-17(16)10-23-25(20)14(3)4/h5-8,10,13-15,26H,9,11-12H2,1-4H3,(H,22,27)/t15-/m1/s1. The number of fused-ring (bicyclic) bond motifs is 1. The second-order valence-electron chi connectivity index (χ2n) is 7.75.